The molecule has 0 aliphatic carbocycles. The van der Waals surface area contributed by atoms with Crippen molar-refractivity contribution >= 4 is 0 Å². The fourth-order valence-corrected chi connectivity index (χ4v) is 1.39. The summed E-state index contributed by atoms with van der Waals surface area (Å²) in [5, 5.41) is 0. The minimum atomic E-state index is 1.17. The zero-order chi connectivity index (χ0) is 10.5. The number of aromatic nitrogens is 1. The summed E-state index contributed by atoms with van der Waals surface area (Å²) >= 11 is 0. The Kier molecular flexibility index (Phi) is 2.79. The van der Waals surface area contributed by atoms with Crippen LogP contribution in [0.5, 0.6) is 0 Å². The van der Waals surface area contributed by atoms with E-state index in [0.29, 0.717) is 0 Å². The number of hydrogen-bond donors (Lipinski definition) is 0. The predicted octanol–water partition coefficient (Wildman–Crippen LogP) is 2.21. The molecule has 0 amide bonds. The lowest BCUT2D eigenvalue weighted by atomic mass is 10.1. The van der Waals surface area contributed by atoms with Crippen LogP contribution in [-0.4, -0.2) is 0 Å². The van der Waals surface area contributed by atoms with Gasteiger partial charge in [-0.25, -0.2) is 4.84 Å². The summed E-state index contributed by atoms with van der Waals surface area (Å²) in [6.45, 7) is 3.49. The third-order valence-electron chi connectivity index (χ3n) is 2.11. The molecule has 0 saturated heterocycles. The Labute approximate surface area is 89.0 Å². The van der Waals surface area contributed by atoms with Crippen LogP contribution in [0, 0.1) is 0 Å². The summed E-state index contributed by atoms with van der Waals surface area (Å²) in [5.41, 5.74) is 2.36. The first-order valence-electron chi connectivity index (χ1n) is 4.75. The molecular weight excluding hydrogens is 186 g/mol. The molecule has 2 nitrogen and oxygen atoms in total. The summed E-state index contributed by atoms with van der Waals surface area (Å²) in [6.07, 6.45) is 5.09. The van der Waals surface area contributed by atoms with Crippen LogP contribution in [0.25, 0.3) is 11.1 Å². The van der Waals surface area contributed by atoms with E-state index < -0.39 is 0 Å². The van der Waals surface area contributed by atoms with Crippen molar-refractivity contribution in [2.75, 3.05) is 0 Å². The Morgan fingerprint density at radius 3 is 2.13 bits per heavy atom. The van der Waals surface area contributed by atoms with E-state index >= 15 is 0 Å². The maximum atomic E-state index is 5.08. The molecule has 74 valence electrons. The van der Waals surface area contributed by atoms with Crippen LogP contribution in [0.1, 0.15) is 0 Å². The van der Waals surface area contributed by atoms with Gasteiger partial charge in [0.15, 0.2) is 6.26 Å². The highest BCUT2D eigenvalue weighted by Crippen LogP contribution is 2.16. The van der Waals surface area contributed by atoms with Crippen molar-refractivity contribution in [2.24, 2.45) is 0 Å². The summed E-state index contributed by atoms with van der Waals surface area (Å²) in [7, 11) is 0. The highest BCUT2D eigenvalue weighted by Gasteiger charge is 2.01. The number of nitrogens with zero attached hydrogens (tertiary/aromatic N) is 1. The fraction of sp³-hybridized carbons (Fsp3) is 0. The molecule has 1 heterocycles. The van der Waals surface area contributed by atoms with Gasteiger partial charge in [0.25, 0.3) is 0 Å². The SMILES string of the molecule is C=CO[n+]1ccc(-c2ccccc2)cc1. The van der Waals surface area contributed by atoms with Gasteiger partial charge in [0.05, 0.1) is 0 Å². The Hall–Kier alpha value is -2.09. The van der Waals surface area contributed by atoms with E-state index in [0.717, 1.165) is 0 Å². The van der Waals surface area contributed by atoms with Crippen molar-refractivity contribution in [3.63, 3.8) is 0 Å². The highest BCUT2D eigenvalue weighted by molar-refractivity contribution is 5.61. The van der Waals surface area contributed by atoms with E-state index in [4.69, 9.17) is 4.84 Å². The molecule has 2 rings (SSSR count). The van der Waals surface area contributed by atoms with E-state index in [2.05, 4.69) is 18.7 Å². The molecule has 0 aliphatic heterocycles. The van der Waals surface area contributed by atoms with Crippen LogP contribution in [0.15, 0.2) is 67.7 Å². The Morgan fingerprint density at radius 1 is 0.933 bits per heavy atom. The molecule has 2 aromatic rings. The second-order valence-electron chi connectivity index (χ2n) is 3.08. The molecule has 0 atom stereocenters. The monoisotopic (exact) mass is 198 g/mol. The quantitative estimate of drug-likeness (QED) is 0.544. The molecule has 0 N–H and O–H groups in total. The number of rotatable bonds is 3. The van der Waals surface area contributed by atoms with Crippen molar-refractivity contribution in [1.82, 2.24) is 0 Å². The number of pyridine rings is 1. The summed E-state index contributed by atoms with van der Waals surface area (Å²) in [6, 6.07) is 14.2. The molecular formula is C13H12NO+. The Bertz CT molecular complexity index is 434. The first-order chi connectivity index (χ1) is 7.40. The van der Waals surface area contributed by atoms with Crippen molar-refractivity contribution in [2.45, 2.75) is 0 Å². The van der Waals surface area contributed by atoms with Gasteiger partial charge in [-0.2, -0.15) is 0 Å². The lowest BCUT2D eigenvalue weighted by molar-refractivity contribution is -0.876. The first kappa shape index (κ1) is 9.46. The molecule has 0 saturated carbocycles. The van der Waals surface area contributed by atoms with Crippen molar-refractivity contribution in [1.29, 1.82) is 0 Å². The topological polar surface area (TPSA) is 13.1 Å². The van der Waals surface area contributed by atoms with E-state index in [-0.39, 0.29) is 0 Å². The standard InChI is InChI=1S/C13H12NO/c1-2-15-14-10-8-13(9-11-14)12-6-4-3-5-7-12/h2-11H,1H2/q+1. The molecule has 2 heteroatoms. The van der Waals surface area contributed by atoms with E-state index in [1.54, 1.807) is 4.73 Å². The normalized spacial score (nSPS) is 9.60. The molecule has 0 radical (unpaired) electrons. The Balaban J connectivity index is 2.28. The minimum Gasteiger partial charge on any atom is -0.240 e. The van der Waals surface area contributed by atoms with Gasteiger partial charge in [0.1, 0.15) is 0 Å². The van der Waals surface area contributed by atoms with Gasteiger partial charge in [-0.1, -0.05) is 36.9 Å². The van der Waals surface area contributed by atoms with Crippen LogP contribution < -0.4 is 9.57 Å². The van der Waals surface area contributed by atoms with E-state index in [1.165, 1.54) is 17.4 Å². The summed E-state index contributed by atoms with van der Waals surface area (Å²) in [4.78, 5) is 5.08. The molecule has 0 unspecified atom stereocenters. The lowest BCUT2D eigenvalue weighted by Crippen LogP contribution is -2.38. The molecule has 0 spiro atoms. The average Bonchev–Trinajstić information content (AvgIpc) is 2.32. The maximum absolute atomic E-state index is 5.08. The van der Waals surface area contributed by atoms with E-state index in [1.807, 2.05) is 42.7 Å². The first-order valence-corrected chi connectivity index (χ1v) is 4.75. The zero-order valence-electron chi connectivity index (χ0n) is 8.34. The van der Waals surface area contributed by atoms with Crippen LogP contribution in [0.4, 0.5) is 0 Å². The van der Waals surface area contributed by atoms with Crippen LogP contribution in [0.2, 0.25) is 0 Å². The van der Waals surface area contributed by atoms with Gasteiger partial charge in [0.2, 0.25) is 12.4 Å². The smallest absolute Gasteiger partial charge is 0.223 e. The van der Waals surface area contributed by atoms with E-state index in [9.17, 15) is 0 Å². The number of hydrogen-bond acceptors (Lipinski definition) is 1. The Morgan fingerprint density at radius 2 is 1.53 bits per heavy atom. The van der Waals surface area contributed by atoms with Gasteiger partial charge < -0.3 is 0 Å². The third-order valence-corrected chi connectivity index (χ3v) is 2.11. The molecule has 1 aromatic heterocycles. The van der Waals surface area contributed by atoms with Crippen molar-refractivity contribution < 1.29 is 9.57 Å². The number of benzene rings is 1. The lowest BCUT2D eigenvalue weighted by Gasteiger charge is -1.98. The molecule has 0 aliphatic rings. The maximum Gasteiger partial charge on any atom is 0.223 e. The van der Waals surface area contributed by atoms with Gasteiger partial charge >= 0.3 is 0 Å². The fourth-order valence-electron chi connectivity index (χ4n) is 1.39. The summed E-state index contributed by atoms with van der Waals surface area (Å²) in [5.74, 6) is 0. The highest BCUT2D eigenvalue weighted by atomic mass is 16.6. The van der Waals surface area contributed by atoms with Gasteiger partial charge in [-0.3, -0.25) is 0 Å². The van der Waals surface area contributed by atoms with Gasteiger partial charge in [0, 0.05) is 16.9 Å². The molecule has 15 heavy (non-hydrogen) atoms. The molecule has 1 aromatic carbocycles. The van der Waals surface area contributed by atoms with Gasteiger partial charge in [-0.15, -0.1) is 0 Å². The van der Waals surface area contributed by atoms with Crippen LogP contribution >= 0.6 is 0 Å². The predicted molar refractivity (Wildman–Crippen MR) is 58.9 cm³/mol. The second kappa shape index (κ2) is 4.42. The van der Waals surface area contributed by atoms with Crippen molar-refractivity contribution in [3.8, 4) is 11.1 Å². The average molecular weight is 198 g/mol. The largest absolute Gasteiger partial charge is 0.240 e. The van der Waals surface area contributed by atoms with Gasteiger partial charge in [-0.05, 0) is 11.1 Å². The van der Waals surface area contributed by atoms with Crippen LogP contribution in [0.3, 0.4) is 0 Å². The zero-order valence-corrected chi connectivity index (χ0v) is 8.34. The minimum absolute atomic E-state index is 1.17. The van der Waals surface area contributed by atoms with Crippen LogP contribution in [-0.2, 0) is 0 Å². The second-order valence-corrected chi connectivity index (χ2v) is 3.08. The van der Waals surface area contributed by atoms with Crippen molar-refractivity contribution in [3.05, 3.63) is 67.7 Å². The molecule has 0 bridgehead atoms. The third kappa shape index (κ3) is 2.23. The summed E-state index contributed by atoms with van der Waals surface area (Å²) < 4.78 is 1.60. The molecule has 0 fully saturated rings.